The number of aromatic nitrogens is 9. The normalized spacial score (nSPS) is 14.2. The molecule has 3 N–H and O–H groups in total. The molecule has 0 aromatic carbocycles. The van der Waals surface area contributed by atoms with Crippen molar-refractivity contribution in [3.8, 4) is 28.5 Å². The SMILES string of the molecule is Cc1cn(-c2cncc3[nH]c(-c4n[nH]c5cnc(-c6cncc(NC(=O)CC7CCCCC7)c6)cc45)nc23)cn1. The van der Waals surface area contributed by atoms with Gasteiger partial charge in [0.1, 0.15) is 11.2 Å². The first-order valence-electron chi connectivity index (χ1n) is 13.6. The van der Waals surface area contributed by atoms with Crippen molar-refractivity contribution in [2.75, 3.05) is 5.32 Å². The number of hydrogen-bond donors (Lipinski definition) is 3. The first-order chi connectivity index (χ1) is 19.6. The molecule has 40 heavy (non-hydrogen) atoms. The van der Waals surface area contributed by atoms with Crippen molar-refractivity contribution in [3.63, 3.8) is 0 Å². The Morgan fingerprint density at radius 2 is 1.90 bits per heavy atom. The van der Waals surface area contributed by atoms with Crippen LogP contribution in [0.5, 0.6) is 0 Å². The molecule has 1 fully saturated rings. The second-order valence-electron chi connectivity index (χ2n) is 10.5. The van der Waals surface area contributed by atoms with E-state index in [4.69, 9.17) is 4.98 Å². The molecule has 200 valence electrons. The number of nitrogens with zero attached hydrogens (tertiary/aromatic N) is 7. The van der Waals surface area contributed by atoms with Gasteiger partial charge < -0.3 is 14.9 Å². The highest BCUT2D eigenvalue weighted by Gasteiger charge is 2.19. The molecule has 0 spiro atoms. The van der Waals surface area contributed by atoms with Crippen LogP contribution in [0.25, 0.3) is 50.4 Å². The fourth-order valence-electron chi connectivity index (χ4n) is 5.54. The lowest BCUT2D eigenvalue weighted by Crippen LogP contribution is -2.18. The summed E-state index contributed by atoms with van der Waals surface area (Å²) in [6.07, 6.45) is 18.9. The number of pyridine rings is 3. The number of amides is 1. The number of anilines is 1. The second kappa shape index (κ2) is 9.99. The summed E-state index contributed by atoms with van der Waals surface area (Å²) in [7, 11) is 0. The summed E-state index contributed by atoms with van der Waals surface area (Å²) >= 11 is 0. The van der Waals surface area contributed by atoms with Crippen LogP contribution in [0.2, 0.25) is 0 Å². The number of imidazole rings is 2. The molecule has 1 saturated carbocycles. The summed E-state index contributed by atoms with van der Waals surface area (Å²) in [6.45, 7) is 1.94. The van der Waals surface area contributed by atoms with E-state index in [9.17, 15) is 4.79 Å². The van der Waals surface area contributed by atoms with Gasteiger partial charge in [-0.3, -0.25) is 24.8 Å². The molecule has 0 bridgehead atoms. The molecule has 0 unspecified atom stereocenters. The molecule has 0 saturated heterocycles. The van der Waals surface area contributed by atoms with Crippen LogP contribution < -0.4 is 5.32 Å². The highest BCUT2D eigenvalue weighted by atomic mass is 16.1. The maximum absolute atomic E-state index is 12.7. The highest BCUT2D eigenvalue weighted by Crippen LogP contribution is 2.31. The predicted octanol–water partition coefficient (Wildman–Crippen LogP) is 5.36. The maximum Gasteiger partial charge on any atom is 0.224 e. The molecule has 1 aliphatic rings. The Morgan fingerprint density at radius 3 is 2.75 bits per heavy atom. The summed E-state index contributed by atoms with van der Waals surface area (Å²) in [4.78, 5) is 38.6. The summed E-state index contributed by atoms with van der Waals surface area (Å²) in [5.41, 5.74) is 6.96. The third-order valence-electron chi connectivity index (χ3n) is 7.55. The van der Waals surface area contributed by atoms with Crippen LogP contribution in [0.1, 0.15) is 44.2 Å². The average molecular weight is 533 g/mol. The summed E-state index contributed by atoms with van der Waals surface area (Å²) in [5, 5.41) is 11.5. The Hall–Kier alpha value is -4.93. The van der Waals surface area contributed by atoms with Gasteiger partial charge in [0, 0.05) is 29.8 Å². The lowest BCUT2D eigenvalue weighted by Gasteiger charge is -2.20. The molecule has 11 nitrogen and oxygen atoms in total. The Balaban J connectivity index is 1.19. The van der Waals surface area contributed by atoms with Gasteiger partial charge >= 0.3 is 0 Å². The van der Waals surface area contributed by atoms with E-state index in [1.807, 2.05) is 29.8 Å². The first kappa shape index (κ1) is 24.1. The van der Waals surface area contributed by atoms with Crippen LogP contribution in [-0.4, -0.2) is 50.6 Å². The number of hydrogen-bond acceptors (Lipinski definition) is 7. The van der Waals surface area contributed by atoms with Crippen molar-refractivity contribution in [2.45, 2.75) is 45.4 Å². The summed E-state index contributed by atoms with van der Waals surface area (Å²) in [5.74, 6) is 1.13. The number of aromatic amines is 2. The van der Waals surface area contributed by atoms with Gasteiger partial charge in [-0.05, 0) is 37.8 Å². The van der Waals surface area contributed by atoms with Crippen molar-refractivity contribution in [2.24, 2.45) is 5.92 Å². The smallest absolute Gasteiger partial charge is 0.224 e. The zero-order valence-corrected chi connectivity index (χ0v) is 22.1. The number of carbonyl (C=O) groups is 1. The Labute approximate surface area is 229 Å². The van der Waals surface area contributed by atoms with E-state index in [2.05, 4.69) is 40.4 Å². The molecule has 6 aromatic heterocycles. The maximum atomic E-state index is 12.7. The third-order valence-corrected chi connectivity index (χ3v) is 7.55. The van der Waals surface area contributed by atoms with Crippen molar-refractivity contribution >= 4 is 33.5 Å². The van der Waals surface area contributed by atoms with Gasteiger partial charge in [0.15, 0.2) is 5.82 Å². The van der Waals surface area contributed by atoms with Gasteiger partial charge in [0.2, 0.25) is 5.91 Å². The molecule has 11 heteroatoms. The molecule has 0 aliphatic heterocycles. The van der Waals surface area contributed by atoms with Gasteiger partial charge in [-0.2, -0.15) is 5.10 Å². The minimum Gasteiger partial charge on any atom is -0.335 e. The Morgan fingerprint density at radius 1 is 1.02 bits per heavy atom. The fraction of sp³-hybridized carbons (Fsp3) is 0.276. The van der Waals surface area contributed by atoms with Crippen molar-refractivity contribution in [3.05, 3.63) is 61.3 Å². The fourth-order valence-corrected chi connectivity index (χ4v) is 5.54. The van der Waals surface area contributed by atoms with E-state index in [0.29, 0.717) is 29.5 Å². The van der Waals surface area contributed by atoms with Crippen molar-refractivity contribution < 1.29 is 4.79 Å². The number of fused-ring (bicyclic) bond motifs is 2. The molecule has 1 aliphatic carbocycles. The number of aryl methyl sites for hydroxylation is 1. The molecule has 1 amide bonds. The van der Waals surface area contributed by atoms with Crippen LogP contribution in [0, 0.1) is 12.8 Å². The summed E-state index contributed by atoms with van der Waals surface area (Å²) < 4.78 is 1.91. The summed E-state index contributed by atoms with van der Waals surface area (Å²) in [6, 6.07) is 3.87. The largest absolute Gasteiger partial charge is 0.335 e. The molecule has 6 aromatic rings. The predicted molar refractivity (Wildman–Crippen MR) is 152 cm³/mol. The van der Waals surface area contributed by atoms with Crippen LogP contribution >= 0.6 is 0 Å². The quantitative estimate of drug-likeness (QED) is 0.262. The lowest BCUT2D eigenvalue weighted by atomic mass is 9.87. The number of carbonyl (C=O) groups excluding carboxylic acids is 1. The van der Waals surface area contributed by atoms with E-state index in [1.165, 1.54) is 19.3 Å². The monoisotopic (exact) mass is 532 g/mol. The number of H-pyrrole nitrogens is 2. The molecule has 6 heterocycles. The second-order valence-corrected chi connectivity index (χ2v) is 10.5. The van der Waals surface area contributed by atoms with Gasteiger partial charge in [-0.1, -0.05) is 19.3 Å². The van der Waals surface area contributed by atoms with E-state index in [-0.39, 0.29) is 5.91 Å². The first-order valence-corrected chi connectivity index (χ1v) is 13.6. The van der Waals surface area contributed by atoms with Crippen LogP contribution in [0.15, 0.2) is 55.6 Å². The van der Waals surface area contributed by atoms with Gasteiger partial charge in [0.25, 0.3) is 0 Å². The average Bonchev–Trinajstić information content (AvgIpc) is 3.71. The van der Waals surface area contributed by atoms with Gasteiger partial charge in [-0.25, -0.2) is 9.97 Å². The molecular formula is C29H28N10O. The Kier molecular flexibility index (Phi) is 6.03. The van der Waals surface area contributed by atoms with Crippen molar-refractivity contribution in [1.29, 1.82) is 0 Å². The minimum atomic E-state index is 0.0379. The van der Waals surface area contributed by atoms with Gasteiger partial charge in [-0.15, -0.1) is 0 Å². The van der Waals surface area contributed by atoms with E-state index in [1.54, 1.807) is 37.3 Å². The molecule has 7 rings (SSSR count). The third kappa shape index (κ3) is 4.59. The van der Waals surface area contributed by atoms with Crippen LogP contribution in [-0.2, 0) is 4.79 Å². The molecule has 0 radical (unpaired) electrons. The zero-order chi connectivity index (χ0) is 27.1. The standard InChI is InChI=1S/C29H28N10O/c1-17-15-39(16-33-17)25-14-31-12-24-28(25)36-29(35-24)27-21-9-22(32-13-23(21)37-38-27)19-8-20(11-30-10-19)34-26(40)7-18-5-3-2-4-6-18/h8-16,18H,2-7H2,1H3,(H,34,40)(H,35,36)(H,37,38). The zero-order valence-electron chi connectivity index (χ0n) is 22.1. The lowest BCUT2D eigenvalue weighted by molar-refractivity contribution is -0.117. The van der Waals surface area contributed by atoms with E-state index in [0.717, 1.165) is 57.4 Å². The van der Waals surface area contributed by atoms with Gasteiger partial charge in [0.05, 0.1) is 64.9 Å². The minimum absolute atomic E-state index is 0.0379. The Bertz CT molecular complexity index is 1840. The highest BCUT2D eigenvalue weighted by molar-refractivity contribution is 5.96. The van der Waals surface area contributed by atoms with Crippen molar-refractivity contribution in [1.82, 2.24) is 44.7 Å². The van der Waals surface area contributed by atoms with E-state index >= 15 is 0 Å². The topological polar surface area (TPSA) is 143 Å². The number of nitrogens with one attached hydrogen (secondary N) is 3. The molecular weight excluding hydrogens is 504 g/mol. The van der Waals surface area contributed by atoms with E-state index < -0.39 is 0 Å². The molecule has 0 atom stereocenters. The van der Waals surface area contributed by atoms with Crippen LogP contribution in [0.3, 0.4) is 0 Å². The van der Waals surface area contributed by atoms with Crippen LogP contribution in [0.4, 0.5) is 5.69 Å². The number of rotatable bonds is 6.